The molecule has 0 bridgehead atoms. The van der Waals surface area contributed by atoms with Gasteiger partial charge >= 0.3 is 0 Å². The molecule has 3 aromatic rings. The van der Waals surface area contributed by atoms with Gasteiger partial charge in [0, 0.05) is 24.0 Å². The van der Waals surface area contributed by atoms with Crippen LogP contribution in [0, 0.1) is 13.8 Å². The molecule has 29 heavy (non-hydrogen) atoms. The number of carbonyl (C=O) groups excluding carboxylic acids is 1. The maximum absolute atomic E-state index is 12.5. The highest BCUT2D eigenvalue weighted by Gasteiger charge is 2.24. The molecule has 2 heterocycles. The van der Waals surface area contributed by atoms with Crippen molar-refractivity contribution in [2.24, 2.45) is 0 Å². The summed E-state index contributed by atoms with van der Waals surface area (Å²) in [5, 5.41) is 12.7. The first-order chi connectivity index (χ1) is 14.1. The van der Waals surface area contributed by atoms with Crippen molar-refractivity contribution in [1.29, 1.82) is 0 Å². The number of thioether (sulfide) groups is 1. The number of benzene rings is 1. The largest absolute Gasteiger partial charge is 0.325 e. The molecular formula is C22H27N5OS. The zero-order valence-electron chi connectivity index (χ0n) is 17.0. The lowest BCUT2D eigenvalue weighted by molar-refractivity contribution is -0.113. The number of aryl methyl sites for hydroxylation is 2. The van der Waals surface area contributed by atoms with E-state index >= 15 is 0 Å². The molecule has 0 saturated heterocycles. The highest BCUT2D eigenvalue weighted by molar-refractivity contribution is 7.99. The molecule has 4 rings (SSSR count). The summed E-state index contributed by atoms with van der Waals surface area (Å²) < 4.78 is 4.07. The second-order valence-electron chi connectivity index (χ2n) is 7.76. The van der Waals surface area contributed by atoms with E-state index in [-0.39, 0.29) is 11.7 Å². The average Bonchev–Trinajstić information content (AvgIpc) is 3.35. The van der Waals surface area contributed by atoms with Gasteiger partial charge < -0.3 is 5.32 Å². The Hall–Kier alpha value is -2.54. The summed E-state index contributed by atoms with van der Waals surface area (Å²) in [6.45, 7) is 4.06. The third-order valence-electron chi connectivity index (χ3n) is 5.26. The molecule has 1 aliphatic carbocycles. The maximum Gasteiger partial charge on any atom is 0.234 e. The van der Waals surface area contributed by atoms with Gasteiger partial charge in [0.1, 0.15) is 0 Å². The Morgan fingerprint density at radius 3 is 2.45 bits per heavy atom. The Morgan fingerprint density at radius 1 is 1.07 bits per heavy atom. The van der Waals surface area contributed by atoms with Gasteiger partial charge in [-0.05, 0) is 62.1 Å². The predicted molar refractivity (Wildman–Crippen MR) is 116 cm³/mol. The van der Waals surface area contributed by atoms with Crippen molar-refractivity contribution in [1.82, 2.24) is 19.5 Å². The molecule has 152 valence electrons. The van der Waals surface area contributed by atoms with E-state index < -0.39 is 0 Å². The lowest BCUT2D eigenvalue weighted by Crippen LogP contribution is -2.18. The van der Waals surface area contributed by atoms with Crippen LogP contribution in [-0.4, -0.2) is 31.2 Å². The average molecular weight is 410 g/mol. The van der Waals surface area contributed by atoms with E-state index in [1.807, 2.05) is 55.2 Å². The summed E-state index contributed by atoms with van der Waals surface area (Å²) >= 11 is 1.42. The molecule has 1 N–H and O–H groups in total. The fourth-order valence-corrected chi connectivity index (χ4v) is 4.77. The predicted octanol–water partition coefficient (Wildman–Crippen LogP) is 4.79. The Morgan fingerprint density at radius 2 is 1.76 bits per heavy atom. The standard InChI is InChI=1S/C22H27N5OS/c1-16-12-17(2)14-19(13-16)23-20(28)15-29-22-25-24-21(18-8-4-3-5-9-18)27(22)26-10-6-7-11-26/h6-7,10-14,18H,3-5,8-9,15H2,1-2H3,(H,23,28). The SMILES string of the molecule is Cc1cc(C)cc(NC(=O)CSc2nnc(C3CCCCC3)n2-n2cccc2)c1. The number of hydrogen-bond donors (Lipinski definition) is 1. The second kappa shape index (κ2) is 8.86. The smallest absolute Gasteiger partial charge is 0.234 e. The number of anilines is 1. The van der Waals surface area contributed by atoms with Crippen LogP contribution in [0.4, 0.5) is 5.69 Å². The van der Waals surface area contributed by atoms with E-state index in [1.165, 1.54) is 31.0 Å². The highest BCUT2D eigenvalue weighted by atomic mass is 32.2. The molecule has 6 nitrogen and oxygen atoms in total. The molecule has 2 aromatic heterocycles. The summed E-state index contributed by atoms with van der Waals surface area (Å²) in [7, 11) is 0. The first-order valence-corrected chi connectivity index (χ1v) is 11.2. The van der Waals surface area contributed by atoms with Crippen molar-refractivity contribution in [3.63, 3.8) is 0 Å². The molecule has 1 aromatic carbocycles. The summed E-state index contributed by atoms with van der Waals surface area (Å²) in [6.07, 6.45) is 10.1. The minimum atomic E-state index is -0.0405. The van der Waals surface area contributed by atoms with E-state index in [1.54, 1.807) is 0 Å². The quantitative estimate of drug-likeness (QED) is 0.595. The number of nitrogens with one attached hydrogen (secondary N) is 1. The minimum Gasteiger partial charge on any atom is -0.325 e. The molecule has 1 fully saturated rings. The molecule has 1 aliphatic rings. The third kappa shape index (κ3) is 4.72. The van der Waals surface area contributed by atoms with Gasteiger partial charge in [-0.15, -0.1) is 10.2 Å². The number of carbonyl (C=O) groups is 1. The van der Waals surface area contributed by atoms with E-state index in [0.29, 0.717) is 5.92 Å². The van der Waals surface area contributed by atoms with E-state index in [0.717, 1.165) is 40.6 Å². The van der Waals surface area contributed by atoms with Gasteiger partial charge in [-0.2, -0.15) is 0 Å². The Bertz CT molecular complexity index is 953. The Balaban J connectivity index is 1.49. The van der Waals surface area contributed by atoms with Gasteiger partial charge in [0.2, 0.25) is 11.1 Å². The molecule has 0 atom stereocenters. The summed E-state index contributed by atoms with van der Waals surface area (Å²) in [6, 6.07) is 10.0. The van der Waals surface area contributed by atoms with Crippen molar-refractivity contribution in [2.45, 2.75) is 57.0 Å². The lowest BCUT2D eigenvalue weighted by Gasteiger charge is -2.22. The zero-order valence-corrected chi connectivity index (χ0v) is 17.8. The third-order valence-corrected chi connectivity index (χ3v) is 6.18. The molecule has 1 amide bonds. The van der Waals surface area contributed by atoms with E-state index in [2.05, 4.69) is 26.3 Å². The number of rotatable bonds is 6. The molecular weight excluding hydrogens is 382 g/mol. The van der Waals surface area contributed by atoms with Crippen molar-refractivity contribution >= 4 is 23.4 Å². The van der Waals surface area contributed by atoms with Crippen LogP contribution >= 0.6 is 11.8 Å². The van der Waals surface area contributed by atoms with Crippen LogP contribution < -0.4 is 5.32 Å². The van der Waals surface area contributed by atoms with E-state index in [4.69, 9.17) is 0 Å². The fourth-order valence-electron chi connectivity index (χ4n) is 4.03. The maximum atomic E-state index is 12.5. The number of hydrogen-bond acceptors (Lipinski definition) is 4. The fraction of sp³-hybridized carbons (Fsp3) is 0.409. The van der Waals surface area contributed by atoms with Crippen LogP contribution in [0.15, 0.2) is 47.9 Å². The van der Waals surface area contributed by atoms with Crippen molar-refractivity contribution in [3.05, 3.63) is 59.7 Å². The molecule has 0 aliphatic heterocycles. The van der Waals surface area contributed by atoms with Gasteiger partial charge in [-0.25, -0.2) is 4.68 Å². The summed E-state index contributed by atoms with van der Waals surface area (Å²) in [5.41, 5.74) is 3.11. The number of amides is 1. The van der Waals surface area contributed by atoms with E-state index in [9.17, 15) is 4.79 Å². The second-order valence-corrected chi connectivity index (χ2v) is 8.71. The van der Waals surface area contributed by atoms with Crippen LogP contribution in [0.1, 0.15) is 55.0 Å². The topological polar surface area (TPSA) is 64.7 Å². The molecule has 7 heteroatoms. The zero-order chi connectivity index (χ0) is 20.2. The van der Waals surface area contributed by atoms with Gasteiger partial charge in [-0.1, -0.05) is 37.1 Å². The molecule has 0 unspecified atom stereocenters. The minimum absolute atomic E-state index is 0.0405. The van der Waals surface area contributed by atoms with Crippen LogP contribution in [0.3, 0.4) is 0 Å². The summed E-state index contributed by atoms with van der Waals surface area (Å²) in [5.74, 6) is 1.67. The van der Waals surface area contributed by atoms with Crippen molar-refractivity contribution < 1.29 is 4.79 Å². The summed E-state index contributed by atoms with van der Waals surface area (Å²) in [4.78, 5) is 12.5. The van der Waals surface area contributed by atoms with Crippen LogP contribution in [-0.2, 0) is 4.79 Å². The van der Waals surface area contributed by atoms with Gasteiger partial charge in [-0.3, -0.25) is 9.47 Å². The van der Waals surface area contributed by atoms with Crippen molar-refractivity contribution in [3.8, 4) is 0 Å². The Labute approximate surface area is 175 Å². The van der Waals surface area contributed by atoms with Crippen LogP contribution in [0.25, 0.3) is 0 Å². The number of nitrogens with zero attached hydrogens (tertiary/aromatic N) is 4. The van der Waals surface area contributed by atoms with Crippen molar-refractivity contribution in [2.75, 3.05) is 11.1 Å². The molecule has 1 saturated carbocycles. The van der Waals surface area contributed by atoms with Gasteiger partial charge in [0.15, 0.2) is 5.82 Å². The first kappa shape index (κ1) is 19.8. The monoisotopic (exact) mass is 409 g/mol. The van der Waals surface area contributed by atoms with Crippen LogP contribution in [0.2, 0.25) is 0 Å². The lowest BCUT2D eigenvalue weighted by atomic mass is 9.89. The van der Waals surface area contributed by atoms with Gasteiger partial charge in [0.25, 0.3) is 0 Å². The normalized spacial score (nSPS) is 14.8. The highest BCUT2D eigenvalue weighted by Crippen LogP contribution is 2.33. The number of aromatic nitrogens is 4. The Kier molecular flexibility index (Phi) is 6.04. The first-order valence-electron chi connectivity index (χ1n) is 10.2. The van der Waals surface area contributed by atoms with Gasteiger partial charge in [0.05, 0.1) is 5.75 Å². The molecule has 0 spiro atoms. The van der Waals surface area contributed by atoms with Crippen LogP contribution in [0.5, 0.6) is 0 Å². The molecule has 0 radical (unpaired) electrons.